The highest BCUT2D eigenvalue weighted by molar-refractivity contribution is 6.22. The van der Waals surface area contributed by atoms with E-state index in [1.54, 1.807) is 0 Å². The van der Waals surface area contributed by atoms with Crippen LogP contribution < -0.4 is 10.6 Å². The number of anilines is 2. The standard InChI is InChI=1S/C21H23N3O.C2H6/c22-18-13-15(9-10-19(18)24-11-5-1-2-6-12-24)21-17-8-4-3-7-16(17)20(25)14-23-21;1-2/h3-4,7-10,13H,1-2,5-6,11-12,14,22H2;1-2H3. The van der Waals surface area contributed by atoms with E-state index >= 15 is 0 Å². The van der Waals surface area contributed by atoms with Crippen LogP contribution in [-0.4, -0.2) is 31.1 Å². The van der Waals surface area contributed by atoms with E-state index in [0.717, 1.165) is 46.9 Å². The number of rotatable bonds is 2. The van der Waals surface area contributed by atoms with Gasteiger partial charge in [0.2, 0.25) is 0 Å². The van der Waals surface area contributed by atoms with Crippen LogP contribution in [0.15, 0.2) is 47.5 Å². The predicted octanol–water partition coefficient (Wildman–Crippen LogP) is 4.71. The molecule has 0 saturated carbocycles. The smallest absolute Gasteiger partial charge is 0.184 e. The number of aliphatic imine (C=N–C) groups is 1. The third kappa shape index (κ3) is 4.05. The van der Waals surface area contributed by atoms with Gasteiger partial charge in [-0.2, -0.15) is 0 Å². The van der Waals surface area contributed by atoms with Crippen molar-refractivity contribution in [2.24, 2.45) is 4.99 Å². The summed E-state index contributed by atoms with van der Waals surface area (Å²) < 4.78 is 0. The average molecular weight is 364 g/mol. The van der Waals surface area contributed by atoms with Gasteiger partial charge in [0, 0.05) is 29.8 Å². The third-order valence-corrected chi connectivity index (χ3v) is 5.11. The van der Waals surface area contributed by atoms with Gasteiger partial charge < -0.3 is 10.6 Å². The fraction of sp³-hybridized carbons (Fsp3) is 0.391. The van der Waals surface area contributed by atoms with Crippen LogP contribution in [0, 0.1) is 0 Å². The van der Waals surface area contributed by atoms with Gasteiger partial charge in [0.25, 0.3) is 0 Å². The minimum Gasteiger partial charge on any atom is -0.397 e. The lowest BCUT2D eigenvalue weighted by atomic mass is 9.92. The molecule has 0 aliphatic carbocycles. The number of benzene rings is 2. The number of hydrogen-bond acceptors (Lipinski definition) is 4. The van der Waals surface area contributed by atoms with Crippen molar-refractivity contribution in [3.8, 4) is 0 Å². The van der Waals surface area contributed by atoms with E-state index in [0.29, 0.717) is 0 Å². The zero-order valence-electron chi connectivity index (χ0n) is 16.4. The second kappa shape index (κ2) is 8.85. The summed E-state index contributed by atoms with van der Waals surface area (Å²) in [5, 5.41) is 0. The maximum absolute atomic E-state index is 12.1. The molecule has 1 saturated heterocycles. The Morgan fingerprint density at radius 3 is 2.26 bits per heavy atom. The highest BCUT2D eigenvalue weighted by Gasteiger charge is 2.22. The van der Waals surface area contributed by atoms with E-state index in [2.05, 4.69) is 22.0 Å². The number of ketones is 1. The Labute approximate surface area is 162 Å². The van der Waals surface area contributed by atoms with Gasteiger partial charge in [0.05, 0.1) is 17.1 Å². The van der Waals surface area contributed by atoms with E-state index in [-0.39, 0.29) is 12.3 Å². The summed E-state index contributed by atoms with van der Waals surface area (Å²) in [5.41, 5.74) is 11.8. The molecule has 2 aliphatic rings. The van der Waals surface area contributed by atoms with E-state index < -0.39 is 0 Å². The van der Waals surface area contributed by atoms with Gasteiger partial charge in [0.15, 0.2) is 5.78 Å². The van der Waals surface area contributed by atoms with Crippen molar-refractivity contribution in [3.63, 3.8) is 0 Å². The first-order chi connectivity index (χ1) is 13.2. The highest BCUT2D eigenvalue weighted by atomic mass is 16.1. The molecule has 27 heavy (non-hydrogen) atoms. The Bertz CT molecular complexity index is 833. The summed E-state index contributed by atoms with van der Waals surface area (Å²) in [6.07, 6.45) is 5.05. The number of Topliss-reactive ketones (excluding diaryl/α,β-unsaturated/α-hetero) is 1. The molecular weight excluding hydrogens is 334 g/mol. The lowest BCUT2D eigenvalue weighted by Gasteiger charge is -2.25. The van der Waals surface area contributed by atoms with Crippen molar-refractivity contribution in [1.82, 2.24) is 0 Å². The number of carbonyl (C=O) groups excluding carboxylic acids is 1. The van der Waals surface area contributed by atoms with Gasteiger partial charge in [0.1, 0.15) is 6.54 Å². The van der Waals surface area contributed by atoms with Gasteiger partial charge in [-0.15, -0.1) is 0 Å². The molecule has 0 amide bonds. The van der Waals surface area contributed by atoms with Crippen molar-refractivity contribution < 1.29 is 4.79 Å². The number of carbonyl (C=O) groups is 1. The molecule has 0 spiro atoms. The molecule has 2 heterocycles. The summed E-state index contributed by atoms with van der Waals surface area (Å²) in [7, 11) is 0. The molecule has 0 atom stereocenters. The van der Waals surface area contributed by atoms with Gasteiger partial charge >= 0.3 is 0 Å². The minimum absolute atomic E-state index is 0.0773. The first-order valence-electron chi connectivity index (χ1n) is 10.1. The predicted molar refractivity (Wildman–Crippen MR) is 114 cm³/mol. The van der Waals surface area contributed by atoms with Crippen molar-refractivity contribution in [1.29, 1.82) is 0 Å². The fourth-order valence-electron chi connectivity index (χ4n) is 3.80. The normalized spacial score (nSPS) is 16.6. The van der Waals surface area contributed by atoms with E-state index in [1.807, 2.05) is 44.2 Å². The summed E-state index contributed by atoms with van der Waals surface area (Å²) in [4.78, 5) is 19.0. The molecule has 4 rings (SSSR count). The average Bonchev–Trinajstić information content (AvgIpc) is 2.99. The number of nitrogens with zero attached hydrogens (tertiary/aromatic N) is 2. The van der Waals surface area contributed by atoms with Crippen molar-refractivity contribution >= 4 is 22.9 Å². The second-order valence-electron chi connectivity index (χ2n) is 6.81. The van der Waals surface area contributed by atoms with Gasteiger partial charge in [-0.1, -0.05) is 57.0 Å². The van der Waals surface area contributed by atoms with Crippen LogP contribution in [0.2, 0.25) is 0 Å². The second-order valence-corrected chi connectivity index (χ2v) is 6.81. The van der Waals surface area contributed by atoms with Gasteiger partial charge in [-0.25, -0.2) is 0 Å². The molecule has 4 heteroatoms. The van der Waals surface area contributed by atoms with Crippen molar-refractivity contribution in [3.05, 3.63) is 59.2 Å². The molecule has 2 aromatic rings. The maximum atomic E-state index is 12.1. The summed E-state index contributed by atoms with van der Waals surface area (Å²) in [5.74, 6) is 0.0773. The SMILES string of the molecule is CC.Nc1cc(C2=NCC(=O)c3ccccc32)ccc1N1CCCCCC1. The van der Waals surface area contributed by atoms with Crippen molar-refractivity contribution in [2.45, 2.75) is 39.5 Å². The molecule has 0 unspecified atom stereocenters. The molecule has 2 N–H and O–H groups in total. The maximum Gasteiger partial charge on any atom is 0.184 e. The molecule has 2 aromatic carbocycles. The van der Waals surface area contributed by atoms with Crippen LogP contribution in [-0.2, 0) is 0 Å². The molecule has 0 aromatic heterocycles. The molecule has 142 valence electrons. The Morgan fingerprint density at radius 2 is 1.59 bits per heavy atom. The third-order valence-electron chi connectivity index (χ3n) is 5.11. The van der Waals surface area contributed by atoms with Crippen LogP contribution in [0.3, 0.4) is 0 Å². The first-order valence-corrected chi connectivity index (χ1v) is 10.1. The first kappa shape index (κ1) is 19.2. The van der Waals surface area contributed by atoms with Gasteiger partial charge in [-0.05, 0) is 25.0 Å². The molecular formula is C23H29N3O. The minimum atomic E-state index is 0.0773. The largest absolute Gasteiger partial charge is 0.397 e. The van der Waals surface area contributed by atoms with Crippen LogP contribution in [0.5, 0.6) is 0 Å². The van der Waals surface area contributed by atoms with Crippen LogP contribution in [0.1, 0.15) is 61.0 Å². The molecule has 0 radical (unpaired) electrons. The number of nitrogen functional groups attached to an aromatic ring is 1. The highest BCUT2D eigenvalue weighted by Crippen LogP contribution is 2.29. The molecule has 4 nitrogen and oxygen atoms in total. The zero-order valence-corrected chi connectivity index (χ0v) is 16.4. The quantitative estimate of drug-likeness (QED) is 0.786. The van der Waals surface area contributed by atoms with Crippen molar-refractivity contribution in [2.75, 3.05) is 30.3 Å². The topological polar surface area (TPSA) is 58.7 Å². The Hall–Kier alpha value is -2.62. The summed E-state index contributed by atoms with van der Waals surface area (Å²) in [6, 6.07) is 13.9. The zero-order chi connectivity index (χ0) is 19.2. The molecule has 2 aliphatic heterocycles. The number of nitrogens with two attached hydrogens (primary N) is 1. The van der Waals surface area contributed by atoms with E-state index in [4.69, 9.17) is 5.73 Å². The summed E-state index contributed by atoms with van der Waals surface area (Å²) in [6.45, 7) is 6.35. The monoisotopic (exact) mass is 363 g/mol. The van der Waals surface area contributed by atoms with Gasteiger partial charge in [-0.3, -0.25) is 9.79 Å². The van der Waals surface area contributed by atoms with E-state index in [1.165, 1.54) is 25.7 Å². The fourth-order valence-corrected chi connectivity index (χ4v) is 3.80. The summed E-state index contributed by atoms with van der Waals surface area (Å²) >= 11 is 0. The van der Waals surface area contributed by atoms with Crippen LogP contribution in [0.25, 0.3) is 0 Å². The van der Waals surface area contributed by atoms with E-state index in [9.17, 15) is 4.79 Å². The van der Waals surface area contributed by atoms with Crippen LogP contribution >= 0.6 is 0 Å². The van der Waals surface area contributed by atoms with Crippen LogP contribution in [0.4, 0.5) is 11.4 Å². The molecule has 1 fully saturated rings. The number of hydrogen-bond donors (Lipinski definition) is 1. The molecule has 0 bridgehead atoms. The Balaban J connectivity index is 0.00000102. The number of fused-ring (bicyclic) bond motifs is 1. The lowest BCUT2D eigenvalue weighted by molar-refractivity contribution is 0.1000. The Morgan fingerprint density at radius 1 is 0.926 bits per heavy atom. The lowest BCUT2D eigenvalue weighted by Crippen LogP contribution is -2.25. The Kier molecular flexibility index (Phi) is 6.28.